The van der Waals surface area contributed by atoms with E-state index in [2.05, 4.69) is 16.7 Å². The standard InChI is InChI=1S/C15H22N2O2/c1-2-12(7-8-18)17-15(19)9-11-10-16-14-6-4-3-5-13(11)14/h3-6,11-12,16,18H,2,7-10H2,1H3,(H,17,19). The van der Waals surface area contributed by atoms with Gasteiger partial charge in [-0.25, -0.2) is 0 Å². The quantitative estimate of drug-likeness (QED) is 0.733. The van der Waals surface area contributed by atoms with Crippen molar-refractivity contribution in [1.82, 2.24) is 5.32 Å². The summed E-state index contributed by atoms with van der Waals surface area (Å²) < 4.78 is 0. The Kier molecular flexibility index (Phi) is 4.80. The van der Waals surface area contributed by atoms with E-state index in [1.807, 2.05) is 25.1 Å². The number of hydrogen-bond donors (Lipinski definition) is 3. The van der Waals surface area contributed by atoms with Crippen molar-refractivity contribution in [3.63, 3.8) is 0 Å². The second kappa shape index (κ2) is 6.57. The van der Waals surface area contributed by atoms with Gasteiger partial charge in [0.2, 0.25) is 5.91 Å². The van der Waals surface area contributed by atoms with Crippen LogP contribution in [0.15, 0.2) is 24.3 Å². The van der Waals surface area contributed by atoms with Crippen molar-refractivity contribution in [2.24, 2.45) is 0 Å². The minimum Gasteiger partial charge on any atom is -0.396 e. The molecule has 2 unspecified atom stereocenters. The summed E-state index contributed by atoms with van der Waals surface area (Å²) in [5.74, 6) is 0.326. The van der Waals surface area contributed by atoms with Crippen LogP contribution in [0.1, 0.15) is 37.7 Å². The Bertz CT molecular complexity index is 434. The van der Waals surface area contributed by atoms with Crippen LogP contribution in [0.3, 0.4) is 0 Å². The lowest BCUT2D eigenvalue weighted by Gasteiger charge is -2.17. The van der Waals surface area contributed by atoms with E-state index in [4.69, 9.17) is 5.11 Å². The maximum absolute atomic E-state index is 12.0. The van der Waals surface area contributed by atoms with Crippen LogP contribution < -0.4 is 10.6 Å². The molecule has 19 heavy (non-hydrogen) atoms. The highest BCUT2D eigenvalue weighted by molar-refractivity contribution is 5.78. The number of anilines is 1. The second-order valence-corrected chi connectivity index (χ2v) is 5.05. The van der Waals surface area contributed by atoms with Gasteiger partial charge >= 0.3 is 0 Å². The van der Waals surface area contributed by atoms with Crippen molar-refractivity contribution in [3.05, 3.63) is 29.8 Å². The van der Waals surface area contributed by atoms with Crippen LogP contribution in [-0.2, 0) is 4.79 Å². The Balaban J connectivity index is 1.90. The molecule has 0 saturated carbocycles. The van der Waals surface area contributed by atoms with Gasteiger partial charge in [-0.2, -0.15) is 0 Å². The minimum absolute atomic E-state index is 0.0730. The SMILES string of the molecule is CCC(CCO)NC(=O)CC1CNc2ccccc21. The predicted molar refractivity (Wildman–Crippen MR) is 76.2 cm³/mol. The number of para-hydroxylation sites is 1. The lowest BCUT2D eigenvalue weighted by Crippen LogP contribution is -2.35. The average Bonchev–Trinajstić information content (AvgIpc) is 2.82. The molecule has 1 aliphatic heterocycles. The molecule has 0 bridgehead atoms. The Hall–Kier alpha value is -1.55. The van der Waals surface area contributed by atoms with Gasteiger partial charge in [-0.3, -0.25) is 4.79 Å². The number of aliphatic hydroxyl groups excluding tert-OH is 1. The van der Waals surface area contributed by atoms with Crippen LogP contribution in [0.25, 0.3) is 0 Å². The molecule has 0 radical (unpaired) electrons. The van der Waals surface area contributed by atoms with E-state index in [-0.39, 0.29) is 24.5 Å². The van der Waals surface area contributed by atoms with Crippen LogP contribution in [0.4, 0.5) is 5.69 Å². The van der Waals surface area contributed by atoms with E-state index in [1.54, 1.807) is 0 Å². The number of hydrogen-bond acceptors (Lipinski definition) is 3. The van der Waals surface area contributed by atoms with Gasteiger partial charge in [0.25, 0.3) is 0 Å². The van der Waals surface area contributed by atoms with Gasteiger partial charge < -0.3 is 15.7 Å². The first-order valence-electron chi connectivity index (χ1n) is 6.97. The molecule has 1 heterocycles. The van der Waals surface area contributed by atoms with Crippen LogP contribution in [-0.4, -0.2) is 30.2 Å². The van der Waals surface area contributed by atoms with Crippen molar-refractivity contribution in [1.29, 1.82) is 0 Å². The summed E-state index contributed by atoms with van der Waals surface area (Å²) in [7, 11) is 0. The lowest BCUT2D eigenvalue weighted by atomic mass is 9.97. The highest BCUT2D eigenvalue weighted by atomic mass is 16.3. The second-order valence-electron chi connectivity index (χ2n) is 5.05. The number of carbonyl (C=O) groups excluding carboxylic acids is 1. The van der Waals surface area contributed by atoms with Crippen molar-refractivity contribution in [2.45, 2.75) is 38.1 Å². The molecule has 1 aromatic carbocycles. The van der Waals surface area contributed by atoms with E-state index in [0.29, 0.717) is 12.8 Å². The topological polar surface area (TPSA) is 61.4 Å². The fourth-order valence-corrected chi connectivity index (χ4v) is 2.58. The van der Waals surface area contributed by atoms with Gasteiger partial charge in [-0.15, -0.1) is 0 Å². The van der Waals surface area contributed by atoms with Crippen LogP contribution >= 0.6 is 0 Å². The molecule has 4 nitrogen and oxygen atoms in total. The molecule has 0 fully saturated rings. The molecule has 104 valence electrons. The molecule has 0 aliphatic carbocycles. The molecule has 3 N–H and O–H groups in total. The zero-order chi connectivity index (χ0) is 13.7. The molecule has 2 rings (SSSR count). The third-order valence-electron chi connectivity index (χ3n) is 3.71. The summed E-state index contributed by atoms with van der Waals surface area (Å²) in [4.78, 5) is 12.0. The summed E-state index contributed by atoms with van der Waals surface area (Å²) in [6.07, 6.45) is 1.99. The van der Waals surface area contributed by atoms with Gasteiger partial charge in [-0.1, -0.05) is 25.1 Å². The number of amides is 1. The molecular formula is C15H22N2O2. The smallest absolute Gasteiger partial charge is 0.220 e. The summed E-state index contributed by atoms with van der Waals surface area (Å²) in [5, 5.41) is 15.3. The van der Waals surface area contributed by atoms with Crippen LogP contribution in [0.2, 0.25) is 0 Å². The van der Waals surface area contributed by atoms with Gasteiger partial charge in [0.05, 0.1) is 0 Å². The normalized spacial score (nSPS) is 18.5. The third-order valence-corrected chi connectivity index (χ3v) is 3.71. The molecule has 1 aromatic rings. The molecule has 0 aromatic heterocycles. The fraction of sp³-hybridized carbons (Fsp3) is 0.533. The first kappa shape index (κ1) is 13.9. The fourth-order valence-electron chi connectivity index (χ4n) is 2.58. The molecule has 1 aliphatic rings. The third kappa shape index (κ3) is 3.47. The van der Waals surface area contributed by atoms with Crippen molar-refractivity contribution < 1.29 is 9.90 Å². The summed E-state index contributed by atoms with van der Waals surface area (Å²) in [6, 6.07) is 8.23. The number of aliphatic hydroxyl groups is 1. The summed E-state index contributed by atoms with van der Waals surface area (Å²) in [5.41, 5.74) is 2.37. The predicted octanol–water partition coefficient (Wildman–Crippen LogP) is 1.86. The zero-order valence-corrected chi connectivity index (χ0v) is 11.4. The maximum Gasteiger partial charge on any atom is 0.220 e. The molecule has 0 saturated heterocycles. The van der Waals surface area contributed by atoms with E-state index < -0.39 is 0 Å². The Morgan fingerprint density at radius 1 is 1.53 bits per heavy atom. The number of rotatable bonds is 6. The molecule has 4 heteroatoms. The molecular weight excluding hydrogens is 240 g/mol. The minimum atomic E-state index is 0.0730. The number of nitrogens with one attached hydrogen (secondary N) is 2. The molecule has 2 atom stereocenters. The van der Waals surface area contributed by atoms with Crippen molar-refractivity contribution >= 4 is 11.6 Å². The maximum atomic E-state index is 12.0. The largest absolute Gasteiger partial charge is 0.396 e. The Morgan fingerprint density at radius 2 is 2.32 bits per heavy atom. The first-order valence-corrected chi connectivity index (χ1v) is 6.97. The monoisotopic (exact) mass is 262 g/mol. The molecule has 1 amide bonds. The number of benzene rings is 1. The highest BCUT2D eigenvalue weighted by Gasteiger charge is 2.24. The summed E-state index contributed by atoms with van der Waals surface area (Å²) >= 11 is 0. The van der Waals surface area contributed by atoms with E-state index in [9.17, 15) is 4.79 Å². The lowest BCUT2D eigenvalue weighted by molar-refractivity contribution is -0.122. The summed E-state index contributed by atoms with van der Waals surface area (Å²) in [6.45, 7) is 2.96. The molecule has 0 spiro atoms. The Morgan fingerprint density at radius 3 is 3.05 bits per heavy atom. The van der Waals surface area contributed by atoms with Gasteiger partial charge in [0.1, 0.15) is 0 Å². The number of carbonyl (C=O) groups is 1. The van der Waals surface area contributed by atoms with Crippen LogP contribution in [0.5, 0.6) is 0 Å². The van der Waals surface area contributed by atoms with Gasteiger partial charge in [-0.05, 0) is 24.5 Å². The highest BCUT2D eigenvalue weighted by Crippen LogP contribution is 2.33. The van der Waals surface area contributed by atoms with Gasteiger partial charge in [0.15, 0.2) is 0 Å². The van der Waals surface area contributed by atoms with E-state index >= 15 is 0 Å². The van der Waals surface area contributed by atoms with Crippen molar-refractivity contribution in [2.75, 3.05) is 18.5 Å². The van der Waals surface area contributed by atoms with E-state index in [0.717, 1.165) is 18.7 Å². The van der Waals surface area contributed by atoms with Gasteiger partial charge in [0, 0.05) is 37.2 Å². The Labute approximate surface area is 114 Å². The number of fused-ring (bicyclic) bond motifs is 1. The zero-order valence-electron chi connectivity index (χ0n) is 11.4. The van der Waals surface area contributed by atoms with Crippen molar-refractivity contribution in [3.8, 4) is 0 Å². The van der Waals surface area contributed by atoms with Crippen LogP contribution in [0, 0.1) is 0 Å². The first-order chi connectivity index (χ1) is 9.24. The average molecular weight is 262 g/mol. The van der Waals surface area contributed by atoms with E-state index in [1.165, 1.54) is 5.56 Å².